The number of nitrogens with zero attached hydrogens (tertiary/aromatic N) is 2. The molecule has 5 nitrogen and oxygen atoms in total. The second kappa shape index (κ2) is 13.9. The predicted octanol–water partition coefficient (Wildman–Crippen LogP) is 1.91. The molecule has 2 aliphatic heterocycles. The molecule has 0 aromatic rings. The maximum atomic E-state index is 10.7. The Bertz CT molecular complexity index is 623. The van der Waals surface area contributed by atoms with Gasteiger partial charge in [-0.05, 0) is 12.8 Å². The molecule has 0 radical (unpaired) electrons. The molecular formula is C18H28Cl2GaN3O2Zr. The van der Waals surface area contributed by atoms with E-state index in [-0.39, 0.29) is 67.8 Å². The summed E-state index contributed by atoms with van der Waals surface area (Å²) in [5, 5.41) is 11.7. The van der Waals surface area contributed by atoms with Gasteiger partial charge < -0.3 is 15.3 Å². The van der Waals surface area contributed by atoms with Crippen LogP contribution in [-0.2, 0) is 28.0 Å². The van der Waals surface area contributed by atoms with Gasteiger partial charge in [0.05, 0.1) is 0 Å². The number of rotatable bonds is 3. The van der Waals surface area contributed by atoms with Gasteiger partial charge in [0, 0.05) is 19.6 Å². The number of halogens is 2. The molecule has 27 heavy (non-hydrogen) atoms. The van der Waals surface area contributed by atoms with Crippen LogP contribution in [0, 0.1) is 0 Å². The van der Waals surface area contributed by atoms with E-state index in [1.165, 1.54) is 12.8 Å². The van der Waals surface area contributed by atoms with Crippen molar-refractivity contribution in [3.8, 4) is 0 Å². The van der Waals surface area contributed by atoms with E-state index >= 15 is 0 Å². The molecule has 2 N–H and O–H groups in total. The minimum atomic E-state index is -0.784. The Morgan fingerprint density at radius 3 is 2.30 bits per heavy atom. The molecule has 4 rings (SSSR count). The average Bonchev–Trinajstić information content (AvgIpc) is 3.29. The van der Waals surface area contributed by atoms with E-state index in [9.17, 15) is 4.79 Å². The Hall–Kier alpha value is -0.201. The second-order valence-corrected chi connectivity index (χ2v) is 9.91. The zero-order valence-electron chi connectivity index (χ0n) is 14.6. The molecule has 0 amide bonds. The van der Waals surface area contributed by atoms with E-state index < -0.39 is 12.0 Å². The first-order valence-corrected chi connectivity index (χ1v) is 11.0. The van der Waals surface area contributed by atoms with E-state index in [0.29, 0.717) is 6.42 Å². The van der Waals surface area contributed by atoms with Crippen molar-refractivity contribution in [1.82, 2.24) is 10.2 Å². The van der Waals surface area contributed by atoms with Crippen LogP contribution in [-0.4, -0.2) is 67.4 Å². The minimum absolute atomic E-state index is 0. The number of allylic oxidation sites excluding steroid dienone is 8. The van der Waals surface area contributed by atoms with Crippen molar-refractivity contribution in [3.05, 3.63) is 43.0 Å². The zero-order valence-corrected chi connectivity index (χ0v) is 18.6. The molecule has 9 heteroatoms. The van der Waals surface area contributed by atoms with E-state index in [4.69, 9.17) is 5.11 Å². The summed E-state index contributed by atoms with van der Waals surface area (Å²) < 4.78 is 3.45. The van der Waals surface area contributed by atoms with Gasteiger partial charge in [-0.1, -0.05) is 0 Å². The van der Waals surface area contributed by atoms with Crippen LogP contribution in [0.1, 0.15) is 25.7 Å². The number of fused-ring (bicyclic) bond motifs is 1. The normalized spacial score (nSPS) is 21.4. The fourth-order valence-electron chi connectivity index (χ4n) is 2.99. The van der Waals surface area contributed by atoms with Gasteiger partial charge in [-0.3, -0.25) is 4.99 Å². The summed E-state index contributed by atoms with van der Waals surface area (Å²) in [7, 11) is 0. The standard InChI is InChI=1S/C8H13N3O2.2C5H5.2ClH.Ga.Zr.3H/c12-7(13)6-2-5-11-4-1-3-9-8(11)10-6;2*1-2-4-5-3-1;;;;;;;/h6H,1-5H2,(H,9,10)(H,12,13);2*1-3H,4H2;2*1H;;;;;. The molecule has 0 bridgehead atoms. The molecule has 0 saturated carbocycles. The van der Waals surface area contributed by atoms with Crippen LogP contribution in [0.2, 0.25) is 0 Å². The van der Waals surface area contributed by atoms with E-state index in [1.54, 1.807) is 6.56 Å². The van der Waals surface area contributed by atoms with Crippen molar-refractivity contribution in [1.29, 1.82) is 0 Å². The quantitative estimate of drug-likeness (QED) is 0.528. The SMILES string of the molecule is C1=CC[C]([Zr][C]2=CC=CC2)=C1.Cl.Cl.O=C(O)C1CCN2CCCN=C2N1.[GaH3]. The summed E-state index contributed by atoms with van der Waals surface area (Å²) in [6.07, 6.45) is 17.7. The predicted molar refractivity (Wildman–Crippen MR) is 116 cm³/mol. The number of carboxylic acids is 1. The summed E-state index contributed by atoms with van der Waals surface area (Å²) in [4.78, 5) is 17.1. The van der Waals surface area contributed by atoms with Gasteiger partial charge in [0.15, 0.2) is 5.96 Å². The number of aliphatic imine (C=N–C) groups is 1. The molecule has 1 saturated heterocycles. The van der Waals surface area contributed by atoms with Gasteiger partial charge in [0.2, 0.25) is 0 Å². The topological polar surface area (TPSA) is 64.9 Å². The molecule has 1 atom stereocenters. The van der Waals surface area contributed by atoms with Crippen LogP contribution in [0.3, 0.4) is 0 Å². The van der Waals surface area contributed by atoms with E-state index in [0.717, 1.165) is 32.0 Å². The fourth-order valence-corrected chi connectivity index (χ4v) is 5.97. The Morgan fingerprint density at radius 1 is 1.15 bits per heavy atom. The van der Waals surface area contributed by atoms with Crippen LogP contribution in [0.25, 0.3) is 0 Å². The van der Waals surface area contributed by atoms with Crippen LogP contribution >= 0.6 is 24.8 Å². The number of aliphatic carboxylic acids is 1. The van der Waals surface area contributed by atoms with Gasteiger partial charge in [0.1, 0.15) is 6.04 Å². The van der Waals surface area contributed by atoms with Crippen LogP contribution < -0.4 is 5.32 Å². The maximum absolute atomic E-state index is 10.7. The first kappa shape index (κ1) is 26.8. The Kier molecular flexibility index (Phi) is 13.8. The van der Waals surface area contributed by atoms with Crippen molar-refractivity contribution in [2.45, 2.75) is 31.7 Å². The van der Waals surface area contributed by atoms with Crippen molar-refractivity contribution in [3.63, 3.8) is 0 Å². The molecule has 4 aliphatic rings. The first-order valence-electron chi connectivity index (χ1n) is 8.49. The second-order valence-electron chi connectivity index (χ2n) is 6.14. The third kappa shape index (κ3) is 8.36. The third-order valence-corrected chi connectivity index (χ3v) is 7.70. The van der Waals surface area contributed by atoms with Crippen LogP contribution in [0.15, 0.2) is 48.0 Å². The molecule has 1 fully saturated rings. The van der Waals surface area contributed by atoms with Gasteiger partial charge in [-0.2, -0.15) is 0 Å². The van der Waals surface area contributed by atoms with Gasteiger partial charge in [0.25, 0.3) is 0 Å². The fraction of sp³-hybridized carbons (Fsp3) is 0.444. The van der Waals surface area contributed by atoms with Crippen LogP contribution in [0.4, 0.5) is 0 Å². The first-order chi connectivity index (χ1) is 11.7. The van der Waals surface area contributed by atoms with E-state index in [1.807, 2.05) is 0 Å². The Labute approximate surface area is 198 Å². The summed E-state index contributed by atoms with van der Waals surface area (Å²) >= 11 is -0.312. The summed E-state index contributed by atoms with van der Waals surface area (Å²) in [6, 6.07) is -0.451. The summed E-state index contributed by atoms with van der Waals surface area (Å²) in [5.74, 6) is -0.0159. The summed E-state index contributed by atoms with van der Waals surface area (Å²) in [5.41, 5.74) is 0. The van der Waals surface area contributed by atoms with Gasteiger partial charge in [-0.15, -0.1) is 24.8 Å². The number of guanidine groups is 1. The number of carboxylic acid groups (broad SMARTS) is 1. The van der Waals surface area contributed by atoms with Gasteiger partial charge >= 0.3 is 105 Å². The van der Waals surface area contributed by atoms with Crippen molar-refractivity contribution >= 4 is 56.5 Å². The third-order valence-electron chi connectivity index (χ3n) is 4.30. The number of nitrogens with one attached hydrogen (secondary N) is 1. The molecule has 0 spiro atoms. The number of hydrogen-bond acceptors (Lipinski definition) is 4. The average molecular weight is 550 g/mol. The van der Waals surface area contributed by atoms with Crippen LogP contribution in [0.5, 0.6) is 0 Å². The monoisotopic (exact) mass is 547 g/mol. The molecule has 1 unspecified atom stereocenters. The number of hydrogen-bond donors (Lipinski definition) is 2. The number of carbonyl (C=O) groups is 1. The Morgan fingerprint density at radius 2 is 1.78 bits per heavy atom. The molecular weight excluding hydrogens is 522 g/mol. The van der Waals surface area contributed by atoms with Crippen molar-refractivity contribution < 1.29 is 33.1 Å². The molecule has 0 aromatic carbocycles. The van der Waals surface area contributed by atoms with Crippen molar-refractivity contribution in [2.75, 3.05) is 19.6 Å². The molecule has 148 valence electrons. The van der Waals surface area contributed by atoms with E-state index in [2.05, 4.69) is 51.7 Å². The molecule has 0 aromatic heterocycles. The van der Waals surface area contributed by atoms with Crippen molar-refractivity contribution in [2.24, 2.45) is 4.99 Å². The Balaban J connectivity index is 0.000000455. The molecule has 2 aliphatic carbocycles. The van der Waals surface area contributed by atoms with Gasteiger partial charge in [-0.25, -0.2) is 4.79 Å². The summed E-state index contributed by atoms with van der Waals surface area (Å²) in [6.45, 7) is 2.62. The molecule has 2 heterocycles. The zero-order chi connectivity index (χ0) is 16.8.